The van der Waals surface area contributed by atoms with E-state index in [1.807, 2.05) is 13.2 Å². The molecule has 0 aliphatic heterocycles. The summed E-state index contributed by atoms with van der Waals surface area (Å²) in [6.45, 7) is 1.70. The van der Waals surface area contributed by atoms with Gasteiger partial charge in [0, 0.05) is 24.2 Å². The maximum absolute atomic E-state index is 13.2. The lowest BCUT2D eigenvalue weighted by molar-refractivity contribution is 0.0331. The van der Waals surface area contributed by atoms with E-state index in [0.717, 1.165) is 5.56 Å². The second-order valence-electron chi connectivity index (χ2n) is 5.04. The Morgan fingerprint density at radius 2 is 2.26 bits per heavy atom. The minimum Gasteiger partial charge on any atom is -0.453 e. The third-order valence-electron chi connectivity index (χ3n) is 3.27. The maximum atomic E-state index is 13.2. The highest BCUT2D eigenvalue weighted by Gasteiger charge is 2.18. The molecule has 0 saturated carbocycles. The number of rotatable bonds is 4. The molecule has 23 heavy (non-hydrogen) atoms. The zero-order chi connectivity index (χ0) is 16.4. The van der Waals surface area contributed by atoms with E-state index in [2.05, 4.69) is 10.1 Å². The van der Waals surface area contributed by atoms with Crippen LogP contribution in [0.25, 0.3) is 10.6 Å². The summed E-state index contributed by atoms with van der Waals surface area (Å²) in [5.41, 5.74) is 1.67. The Hall–Kier alpha value is -2.54. The molecule has 2 aromatic heterocycles. The van der Waals surface area contributed by atoms with Crippen molar-refractivity contribution in [1.82, 2.24) is 14.8 Å². The minimum atomic E-state index is -0.554. The van der Waals surface area contributed by atoms with Gasteiger partial charge in [-0.05, 0) is 24.6 Å². The van der Waals surface area contributed by atoms with Gasteiger partial charge in [-0.2, -0.15) is 5.10 Å². The van der Waals surface area contributed by atoms with E-state index in [-0.39, 0.29) is 11.5 Å². The highest BCUT2D eigenvalue weighted by atomic mass is 32.1. The molecule has 0 radical (unpaired) electrons. The second kappa shape index (κ2) is 6.29. The number of aromatic nitrogens is 3. The summed E-state index contributed by atoms with van der Waals surface area (Å²) >= 11 is 1.34. The van der Waals surface area contributed by atoms with Crippen LogP contribution in [0.3, 0.4) is 0 Å². The summed E-state index contributed by atoms with van der Waals surface area (Å²) < 4.78 is 20.2. The number of esters is 1. The highest BCUT2D eigenvalue weighted by molar-refractivity contribution is 7.13. The van der Waals surface area contributed by atoms with Crippen molar-refractivity contribution in [1.29, 1.82) is 0 Å². The van der Waals surface area contributed by atoms with Crippen LogP contribution in [0.1, 0.15) is 29.1 Å². The van der Waals surface area contributed by atoms with E-state index in [4.69, 9.17) is 4.74 Å². The number of carbonyl (C=O) groups excluding carboxylic acids is 1. The van der Waals surface area contributed by atoms with Gasteiger partial charge in [-0.1, -0.05) is 12.1 Å². The van der Waals surface area contributed by atoms with Gasteiger partial charge in [0.1, 0.15) is 16.9 Å². The molecule has 118 valence electrons. The lowest BCUT2D eigenvalue weighted by Gasteiger charge is -2.12. The summed E-state index contributed by atoms with van der Waals surface area (Å²) in [6, 6.07) is 5.99. The van der Waals surface area contributed by atoms with Gasteiger partial charge >= 0.3 is 5.97 Å². The maximum Gasteiger partial charge on any atom is 0.358 e. The molecule has 5 nitrogen and oxygen atoms in total. The average molecular weight is 331 g/mol. The molecule has 3 rings (SSSR count). The van der Waals surface area contributed by atoms with E-state index in [1.54, 1.807) is 35.3 Å². The Morgan fingerprint density at radius 3 is 2.96 bits per heavy atom. The lowest BCUT2D eigenvalue weighted by atomic mass is 10.1. The van der Waals surface area contributed by atoms with Crippen molar-refractivity contribution in [2.75, 3.05) is 0 Å². The van der Waals surface area contributed by atoms with Crippen molar-refractivity contribution in [2.45, 2.75) is 13.0 Å². The number of hydrogen-bond donors (Lipinski definition) is 0. The fourth-order valence-electron chi connectivity index (χ4n) is 2.08. The average Bonchev–Trinajstić information content (AvgIpc) is 3.15. The molecule has 0 bridgehead atoms. The van der Waals surface area contributed by atoms with Gasteiger partial charge in [0.2, 0.25) is 0 Å². The predicted octanol–water partition coefficient (Wildman–Crippen LogP) is 3.60. The molecular weight excluding hydrogens is 317 g/mol. The van der Waals surface area contributed by atoms with Crippen LogP contribution in [0.5, 0.6) is 0 Å². The standard InChI is InChI=1S/C16H14FN3O2S/c1-10(11-4-3-5-13(17)6-11)22-16(21)14-9-23-15(19-14)12-7-18-20(2)8-12/h3-10H,1-2H3. The Morgan fingerprint density at radius 1 is 1.43 bits per heavy atom. The van der Waals surface area contributed by atoms with Crippen LogP contribution in [0, 0.1) is 5.82 Å². The second-order valence-corrected chi connectivity index (χ2v) is 5.90. The number of halogens is 1. The molecule has 0 amide bonds. The van der Waals surface area contributed by atoms with Crippen LogP contribution in [0.15, 0.2) is 42.0 Å². The summed E-state index contributed by atoms with van der Waals surface area (Å²) in [6.07, 6.45) is 2.95. The Labute approximate surface area is 136 Å². The van der Waals surface area contributed by atoms with E-state index in [1.165, 1.54) is 23.5 Å². The van der Waals surface area contributed by atoms with Crippen molar-refractivity contribution >= 4 is 17.3 Å². The molecule has 0 fully saturated rings. The van der Waals surface area contributed by atoms with E-state index < -0.39 is 12.1 Å². The molecule has 0 N–H and O–H groups in total. The van der Waals surface area contributed by atoms with Gasteiger partial charge in [-0.15, -0.1) is 11.3 Å². The SMILES string of the molecule is CC(OC(=O)c1csc(-c2cnn(C)c2)n1)c1cccc(F)c1. The first-order valence-electron chi connectivity index (χ1n) is 6.94. The van der Waals surface area contributed by atoms with Crippen LogP contribution in [-0.2, 0) is 11.8 Å². The van der Waals surface area contributed by atoms with E-state index >= 15 is 0 Å². The predicted molar refractivity (Wildman–Crippen MR) is 84.5 cm³/mol. The molecule has 0 spiro atoms. The third-order valence-corrected chi connectivity index (χ3v) is 4.16. The summed E-state index contributed by atoms with van der Waals surface area (Å²) in [7, 11) is 1.81. The van der Waals surface area contributed by atoms with Crippen LogP contribution < -0.4 is 0 Å². The normalized spacial score (nSPS) is 12.1. The first kappa shape index (κ1) is 15.4. The molecule has 0 aliphatic rings. The number of aryl methyl sites for hydroxylation is 1. The number of carbonyl (C=O) groups is 1. The lowest BCUT2D eigenvalue weighted by Crippen LogP contribution is -2.09. The molecule has 0 aliphatic carbocycles. The summed E-state index contributed by atoms with van der Waals surface area (Å²) in [5.74, 6) is -0.897. The minimum absolute atomic E-state index is 0.233. The fraction of sp³-hybridized carbons (Fsp3) is 0.188. The van der Waals surface area contributed by atoms with Crippen molar-refractivity contribution in [3.8, 4) is 10.6 Å². The van der Waals surface area contributed by atoms with Gasteiger partial charge in [0.25, 0.3) is 0 Å². The first-order valence-corrected chi connectivity index (χ1v) is 7.82. The zero-order valence-corrected chi connectivity index (χ0v) is 13.4. The van der Waals surface area contributed by atoms with Crippen molar-refractivity contribution < 1.29 is 13.9 Å². The fourth-order valence-corrected chi connectivity index (χ4v) is 2.84. The monoisotopic (exact) mass is 331 g/mol. The summed E-state index contributed by atoms with van der Waals surface area (Å²) in [4.78, 5) is 16.4. The quantitative estimate of drug-likeness (QED) is 0.686. The molecular formula is C16H14FN3O2S. The number of thiazole rings is 1. The number of benzene rings is 1. The van der Waals surface area contributed by atoms with Crippen LogP contribution in [0.4, 0.5) is 4.39 Å². The zero-order valence-electron chi connectivity index (χ0n) is 12.6. The van der Waals surface area contributed by atoms with Gasteiger partial charge in [0.05, 0.1) is 6.20 Å². The molecule has 1 unspecified atom stereocenters. The van der Waals surface area contributed by atoms with Crippen molar-refractivity contribution in [3.63, 3.8) is 0 Å². The molecule has 7 heteroatoms. The van der Waals surface area contributed by atoms with E-state index in [0.29, 0.717) is 10.6 Å². The third kappa shape index (κ3) is 3.45. The van der Waals surface area contributed by atoms with Crippen LogP contribution in [-0.4, -0.2) is 20.7 Å². The first-order chi connectivity index (χ1) is 11.0. The molecule has 3 aromatic rings. The number of ether oxygens (including phenoxy) is 1. The Bertz CT molecular complexity index is 843. The van der Waals surface area contributed by atoms with Crippen LogP contribution >= 0.6 is 11.3 Å². The van der Waals surface area contributed by atoms with Gasteiger partial charge in [-0.25, -0.2) is 14.2 Å². The Balaban J connectivity index is 1.72. The van der Waals surface area contributed by atoms with Gasteiger partial charge in [0.15, 0.2) is 5.69 Å². The van der Waals surface area contributed by atoms with E-state index in [9.17, 15) is 9.18 Å². The van der Waals surface area contributed by atoms with Gasteiger partial charge < -0.3 is 4.74 Å². The van der Waals surface area contributed by atoms with Gasteiger partial charge in [-0.3, -0.25) is 4.68 Å². The van der Waals surface area contributed by atoms with Crippen molar-refractivity contribution in [3.05, 3.63) is 59.1 Å². The summed E-state index contributed by atoms with van der Waals surface area (Å²) in [5, 5.41) is 6.41. The largest absolute Gasteiger partial charge is 0.453 e. The van der Waals surface area contributed by atoms with Crippen LogP contribution in [0.2, 0.25) is 0 Å². The highest BCUT2D eigenvalue weighted by Crippen LogP contribution is 2.25. The molecule has 1 atom stereocenters. The molecule has 2 heterocycles. The number of nitrogens with zero attached hydrogens (tertiary/aromatic N) is 3. The van der Waals surface area contributed by atoms with Crippen molar-refractivity contribution in [2.24, 2.45) is 7.05 Å². The molecule has 1 aromatic carbocycles. The smallest absolute Gasteiger partial charge is 0.358 e. The number of hydrogen-bond acceptors (Lipinski definition) is 5. The Kier molecular flexibility index (Phi) is 4.20. The molecule has 0 saturated heterocycles. The topological polar surface area (TPSA) is 57.0 Å².